The van der Waals surface area contributed by atoms with Crippen LogP contribution < -0.4 is 5.32 Å². The molecule has 0 heterocycles. The highest BCUT2D eigenvalue weighted by atomic mass is 35.5. The van der Waals surface area contributed by atoms with E-state index in [0.29, 0.717) is 23.4 Å². The lowest BCUT2D eigenvalue weighted by Crippen LogP contribution is -2.35. The van der Waals surface area contributed by atoms with Gasteiger partial charge in [-0.05, 0) is 44.4 Å². The minimum atomic E-state index is -0.331. The Morgan fingerprint density at radius 3 is 2.65 bits per heavy atom. The first kappa shape index (κ1) is 16.9. The van der Waals surface area contributed by atoms with Gasteiger partial charge in [0.1, 0.15) is 0 Å². The maximum atomic E-state index is 11.1. The normalized spacial score (nSPS) is 14.0. The second-order valence-electron chi connectivity index (χ2n) is 5.15. The zero-order valence-electron chi connectivity index (χ0n) is 12.4. The van der Waals surface area contributed by atoms with Crippen molar-refractivity contribution in [3.05, 3.63) is 38.9 Å². The maximum absolute atomic E-state index is 11.1. The van der Waals surface area contributed by atoms with E-state index in [1.807, 2.05) is 0 Å². The van der Waals surface area contributed by atoms with Gasteiger partial charge in [0.05, 0.1) is 4.92 Å². The number of rotatable bonds is 8. The summed E-state index contributed by atoms with van der Waals surface area (Å²) in [7, 11) is 0. The largest absolute Gasteiger partial charge is 0.314 e. The highest BCUT2D eigenvalue weighted by Gasteiger charge is 2.21. The summed E-state index contributed by atoms with van der Waals surface area (Å²) in [4.78, 5) is 10.8. The molecule has 1 aromatic carbocycles. The summed E-state index contributed by atoms with van der Waals surface area (Å²) < 4.78 is 0. The third-order valence-corrected chi connectivity index (χ3v) is 3.90. The fourth-order valence-electron chi connectivity index (χ4n) is 2.39. The average Bonchev–Trinajstić information content (AvgIpc) is 2.41. The third kappa shape index (κ3) is 4.76. The zero-order valence-corrected chi connectivity index (χ0v) is 13.1. The van der Waals surface area contributed by atoms with Crippen molar-refractivity contribution < 1.29 is 4.92 Å². The SMILES string of the molecule is CCCNC(C)C(CC)Cc1cc(Cl)ccc1[N+](=O)[O-]. The van der Waals surface area contributed by atoms with Gasteiger partial charge >= 0.3 is 0 Å². The molecule has 0 aliphatic heterocycles. The van der Waals surface area contributed by atoms with E-state index in [0.717, 1.165) is 24.9 Å². The molecule has 4 nitrogen and oxygen atoms in total. The lowest BCUT2D eigenvalue weighted by atomic mass is 9.90. The van der Waals surface area contributed by atoms with Gasteiger partial charge < -0.3 is 5.32 Å². The molecule has 0 aromatic heterocycles. The quantitative estimate of drug-likeness (QED) is 0.578. The van der Waals surface area contributed by atoms with Crippen LogP contribution in [0.5, 0.6) is 0 Å². The fraction of sp³-hybridized carbons (Fsp3) is 0.600. The fourth-order valence-corrected chi connectivity index (χ4v) is 2.59. The van der Waals surface area contributed by atoms with Crippen molar-refractivity contribution in [1.82, 2.24) is 5.32 Å². The number of nitrogens with zero attached hydrogens (tertiary/aromatic N) is 1. The van der Waals surface area contributed by atoms with E-state index in [4.69, 9.17) is 11.6 Å². The van der Waals surface area contributed by atoms with E-state index >= 15 is 0 Å². The van der Waals surface area contributed by atoms with Crippen LogP contribution in [-0.2, 0) is 6.42 Å². The van der Waals surface area contributed by atoms with Crippen molar-refractivity contribution in [2.24, 2.45) is 5.92 Å². The van der Waals surface area contributed by atoms with Crippen molar-refractivity contribution in [2.45, 2.75) is 46.1 Å². The summed E-state index contributed by atoms with van der Waals surface area (Å²) in [5.74, 6) is 0.360. The Bertz CT molecular complexity index is 451. The molecule has 5 heteroatoms. The summed E-state index contributed by atoms with van der Waals surface area (Å²) in [6.45, 7) is 7.35. The Morgan fingerprint density at radius 1 is 1.40 bits per heavy atom. The standard InChI is InChI=1S/C15H23ClN2O2/c1-4-8-17-11(3)12(5-2)9-13-10-14(16)6-7-15(13)18(19)20/h6-7,10-12,17H,4-5,8-9H2,1-3H3. The van der Waals surface area contributed by atoms with Crippen LogP contribution in [0.2, 0.25) is 5.02 Å². The minimum Gasteiger partial charge on any atom is -0.314 e. The van der Waals surface area contributed by atoms with E-state index < -0.39 is 0 Å². The Balaban J connectivity index is 2.88. The highest BCUT2D eigenvalue weighted by molar-refractivity contribution is 6.30. The molecule has 1 N–H and O–H groups in total. The first-order valence-corrected chi connectivity index (χ1v) is 7.53. The molecule has 0 aliphatic rings. The molecule has 0 spiro atoms. The Hall–Kier alpha value is -1.13. The smallest absolute Gasteiger partial charge is 0.272 e. The number of nitrogens with one attached hydrogen (secondary N) is 1. The van der Waals surface area contributed by atoms with Crippen molar-refractivity contribution in [2.75, 3.05) is 6.54 Å². The number of nitro groups is 1. The predicted octanol–water partition coefficient (Wildman–Crippen LogP) is 4.21. The highest BCUT2D eigenvalue weighted by Crippen LogP contribution is 2.27. The average molecular weight is 299 g/mol. The summed E-state index contributed by atoms with van der Waals surface area (Å²) in [5.41, 5.74) is 0.884. The van der Waals surface area contributed by atoms with Crippen LogP contribution in [0.15, 0.2) is 18.2 Å². The summed E-state index contributed by atoms with van der Waals surface area (Å²) in [6, 6.07) is 5.12. The molecule has 0 fully saturated rings. The molecule has 0 aliphatic carbocycles. The van der Waals surface area contributed by atoms with Crippen LogP contribution in [0.4, 0.5) is 5.69 Å². The molecular formula is C15H23ClN2O2. The molecule has 0 bridgehead atoms. The monoisotopic (exact) mass is 298 g/mol. The van der Waals surface area contributed by atoms with E-state index in [2.05, 4.69) is 26.1 Å². The van der Waals surface area contributed by atoms with Crippen LogP contribution in [-0.4, -0.2) is 17.5 Å². The van der Waals surface area contributed by atoms with Gasteiger partial charge in [0.25, 0.3) is 5.69 Å². The number of nitro benzene ring substituents is 1. The second kappa shape index (κ2) is 8.22. The van der Waals surface area contributed by atoms with E-state index in [9.17, 15) is 10.1 Å². The molecule has 0 saturated carbocycles. The van der Waals surface area contributed by atoms with Crippen molar-refractivity contribution >= 4 is 17.3 Å². The molecule has 0 saturated heterocycles. The minimum absolute atomic E-state index is 0.163. The van der Waals surface area contributed by atoms with E-state index in [1.165, 1.54) is 6.07 Å². The van der Waals surface area contributed by atoms with Crippen LogP contribution >= 0.6 is 11.6 Å². The Kier molecular flexibility index (Phi) is 6.96. The summed E-state index contributed by atoms with van der Waals surface area (Å²) in [6.07, 6.45) is 2.73. The summed E-state index contributed by atoms with van der Waals surface area (Å²) >= 11 is 5.97. The van der Waals surface area contributed by atoms with Crippen LogP contribution in [0, 0.1) is 16.0 Å². The van der Waals surface area contributed by atoms with Crippen molar-refractivity contribution in [1.29, 1.82) is 0 Å². The molecule has 112 valence electrons. The molecule has 0 amide bonds. The van der Waals surface area contributed by atoms with Crippen molar-refractivity contribution in [3.63, 3.8) is 0 Å². The van der Waals surface area contributed by atoms with Crippen molar-refractivity contribution in [3.8, 4) is 0 Å². The maximum Gasteiger partial charge on any atom is 0.272 e. The van der Waals surface area contributed by atoms with Gasteiger partial charge in [0.2, 0.25) is 0 Å². The summed E-state index contributed by atoms with van der Waals surface area (Å²) in [5, 5.41) is 15.1. The van der Waals surface area contributed by atoms with E-state index in [-0.39, 0.29) is 10.6 Å². The third-order valence-electron chi connectivity index (χ3n) is 3.67. The number of benzene rings is 1. The van der Waals surface area contributed by atoms with E-state index in [1.54, 1.807) is 12.1 Å². The molecule has 20 heavy (non-hydrogen) atoms. The number of halogens is 1. The first-order valence-electron chi connectivity index (χ1n) is 7.15. The van der Waals surface area contributed by atoms with Gasteiger partial charge in [0, 0.05) is 22.7 Å². The predicted molar refractivity (Wildman–Crippen MR) is 83.3 cm³/mol. The van der Waals surface area contributed by atoms with Gasteiger partial charge in [-0.15, -0.1) is 0 Å². The Labute approximate surface area is 125 Å². The molecule has 2 atom stereocenters. The Morgan fingerprint density at radius 2 is 2.10 bits per heavy atom. The van der Waals surface area contributed by atoms with Crippen LogP contribution in [0.3, 0.4) is 0 Å². The number of hydrogen-bond acceptors (Lipinski definition) is 3. The topological polar surface area (TPSA) is 55.2 Å². The zero-order chi connectivity index (χ0) is 15.1. The van der Waals surface area contributed by atoms with Gasteiger partial charge in [-0.3, -0.25) is 10.1 Å². The lowest BCUT2D eigenvalue weighted by molar-refractivity contribution is -0.385. The molecular weight excluding hydrogens is 276 g/mol. The van der Waals surface area contributed by atoms with Gasteiger partial charge in [-0.1, -0.05) is 31.9 Å². The molecule has 1 aromatic rings. The molecule has 2 unspecified atom stereocenters. The second-order valence-corrected chi connectivity index (χ2v) is 5.58. The van der Waals surface area contributed by atoms with Gasteiger partial charge in [0.15, 0.2) is 0 Å². The number of hydrogen-bond donors (Lipinski definition) is 1. The van der Waals surface area contributed by atoms with Gasteiger partial charge in [-0.2, -0.15) is 0 Å². The first-order chi connectivity index (χ1) is 9.49. The lowest BCUT2D eigenvalue weighted by Gasteiger charge is -2.24. The van der Waals surface area contributed by atoms with Gasteiger partial charge in [-0.25, -0.2) is 0 Å². The molecule has 1 rings (SSSR count). The van der Waals surface area contributed by atoms with Crippen LogP contribution in [0.25, 0.3) is 0 Å². The van der Waals surface area contributed by atoms with Crippen LogP contribution in [0.1, 0.15) is 39.2 Å². The molecule has 0 radical (unpaired) electrons.